The van der Waals surface area contributed by atoms with Crippen LogP contribution in [0.2, 0.25) is 0 Å². The van der Waals surface area contributed by atoms with Crippen LogP contribution in [-0.4, -0.2) is 17.3 Å². The Balaban J connectivity index is 2.22. The summed E-state index contributed by atoms with van der Waals surface area (Å²) in [6, 6.07) is 12.3. The lowest BCUT2D eigenvalue weighted by molar-refractivity contribution is 0.119. The Morgan fingerprint density at radius 1 is 0.895 bits per heavy atom. The van der Waals surface area contributed by atoms with Gasteiger partial charge in [-0.3, -0.25) is 0 Å². The van der Waals surface area contributed by atoms with Gasteiger partial charge in [-0.2, -0.15) is 10.2 Å². The molecule has 0 N–H and O–H groups in total. The van der Waals surface area contributed by atoms with Crippen molar-refractivity contribution in [3.8, 4) is 11.3 Å². The zero-order chi connectivity index (χ0) is 13.8. The predicted octanol–water partition coefficient (Wildman–Crippen LogP) is 3.97. The van der Waals surface area contributed by atoms with Crippen LogP contribution in [0.5, 0.6) is 0 Å². The first-order valence-corrected chi connectivity index (χ1v) is 6.58. The molecule has 1 heterocycles. The van der Waals surface area contributed by atoms with E-state index in [0.717, 1.165) is 22.5 Å². The second-order valence-electron chi connectivity index (χ2n) is 5.00. The highest BCUT2D eigenvalue weighted by molar-refractivity contribution is 5.58. The maximum atomic E-state index is 5.30. The molecule has 0 saturated heterocycles. The lowest BCUT2D eigenvalue weighted by atomic mass is 10.1. The molecule has 1 aromatic carbocycles. The second-order valence-corrected chi connectivity index (χ2v) is 5.00. The van der Waals surface area contributed by atoms with Crippen LogP contribution in [-0.2, 0) is 4.74 Å². The van der Waals surface area contributed by atoms with Crippen LogP contribution < -0.4 is 0 Å². The molecular formula is C16H20N2O. The summed E-state index contributed by atoms with van der Waals surface area (Å²) in [5.41, 5.74) is 4.17. The fourth-order valence-corrected chi connectivity index (χ4v) is 1.87. The topological polar surface area (TPSA) is 35.0 Å². The molecule has 0 aliphatic rings. The van der Waals surface area contributed by atoms with E-state index in [0.29, 0.717) is 5.92 Å². The lowest BCUT2D eigenvalue weighted by Crippen LogP contribution is -1.97. The highest BCUT2D eigenvalue weighted by atomic mass is 16.5. The summed E-state index contributed by atoms with van der Waals surface area (Å²) >= 11 is 0. The van der Waals surface area contributed by atoms with Crippen LogP contribution >= 0.6 is 0 Å². The number of methoxy groups -OCH3 is 1. The van der Waals surface area contributed by atoms with Gasteiger partial charge >= 0.3 is 0 Å². The molecule has 1 aromatic heterocycles. The molecule has 0 radical (unpaired) electrons. The molecule has 3 nitrogen and oxygen atoms in total. The smallest absolute Gasteiger partial charge is 0.0929 e. The largest absolute Gasteiger partial charge is 0.377 e. The zero-order valence-electron chi connectivity index (χ0n) is 11.9. The maximum Gasteiger partial charge on any atom is 0.0929 e. The molecule has 100 valence electrons. The van der Waals surface area contributed by atoms with E-state index >= 15 is 0 Å². The molecular weight excluding hydrogens is 236 g/mol. The molecule has 3 heteroatoms. The van der Waals surface area contributed by atoms with Gasteiger partial charge in [-0.05, 0) is 30.5 Å². The van der Waals surface area contributed by atoms with Gasteiger partial charge in [0.25, 0.3) is 0 Å². The Morgan fingerprint density at radius 2 is 1.58 bits per heavy atom. The van der Waals surface area contributed by atoms with Gasteiger partial charge in [0.15, 0.2) is 0 Å². The zero-order valence-corrected chi connectivity index (χ0v) is 11.9. The lowest BCUT2D eigenvalue weighted by Gasteiger charge is -2.10. The Labute approximate surface area is 114 Å². The summed E-state index contributed by atoms with van der Waals surface area (Å²) in [6.45, 7) is 6.27. The third-order valence-corrected chi connectivity index (χ3v) is 3.31. The number of nitrogens with zero attached hydrogens (tertiary/aromatic N) is 2. The minimum Gasteiger partial charge on any atom is -0.377 e. The van der Waals surface area contributed by atoms with Crippen molar-refractivity contribution in [1.29, 1.82) is 0 Å². The van der Waals surface area contributed by atoms with E-state index < -0.39 is 0 Å². The van der Waals surface area contributed by atoms with Crippen molar-refractivity contribution >= 4 is 0 Å². The van der Waals surface area contributed by atoms with Crippen molar-refractivity contribution < 1.29 is 4.74 Å². The molecule has 0 aliphatic heterocycles. The first-order chi connectivity index (χ1) is 9.11. The summed E-state index contributed by atoms with van der Waals surface area (Å²) in [6.07, 6.45) is 0.114. The van der Waals surface area contributed by atoms with Crippen molar-refractivity contribution in [3.63, 3.8) is 0 Å². The molecule has 0 fully saturated rings. The van der Waals surface area contributed by atoms with Crippen LogP contribution in [0.25, 0.3) is 11.3 Å². The van der Waals surface area contributed by atoms with Crippen LogP contribution in [0, 0.1) is 0 Å². The Morgan fingerprint density at radius 3 is 2.05 bits per heavy atom. The van der Waals surface area contributed by atoms with Gasteiger partial charge in [0.2, 0.25) is 0 Å². The summed E-state index contributed by atoms with van der Waals surface area (Å²) in [5, 5.41) is 8.54. The van der Waals surface area contributed by atoms with Gasteiger partial charge in [-0.15, -0.1) is 0 Å². The van der Waals surface area contributed by atoms with E-state index in [1.165, 1.54) is 0 Å². The van der Waals surface area contributed by atoms with E-state index in [-0.39, 0.29) is 6.10 Å². The third kappa shape index (κ3) is 3.18. The van der Waals surface area contributed by atoms with Crippen LogP contribution in [0.1, 0.15) is 44.1 Å². The summed E-state index contributed by atoms with van der Waals surface area (Å²) in [5.74, 6) is 0.409. The maximum absolute atomic E-state index is 5.30. The molecule has 0 saturated carbocycles. The average Bonchev–Trinajstić information content (AvgIpc) is 2.46. The SMILES string of the molecule is CO[C@@H](C)c1ccc(-c2ccc(C(C)C)nn2)cc1. The van der Waals surface area contributed by atoms with Gasteiger partial charge in [0.05, 0.1) is 17.5 Å². The molecule has 2 rings (SSSR count). The number of benzene rings is 1. The normalized spacial score (nSPS) is 12.7. The number of hydrogen-bond acceptors (Lipinski definition) is 3. The van der Waals surface area contributed by atoms with Gasteiger partial charge in [0.1, 0.15) is 0 Å². The molecule has 0 aliphatic carbocycles. The van der Waals surface area contributed by atoms with Gasteiger partial charge < -0.3 is 4.74 Å². The van der Waals surface area contributed by atoms with E-state index in [1.54, 1.807) is 7.11 Å². The quantitative estimate of drug-likeness (QED) is 0.830. The standard InChI is InChI=1S/C16H20N2O/c1-11(2)15-9-10-16(18-17-15)14-7-5-13(6-8-14)12(3)19-4/h5-12H,1-4H3/t12-/m0/s1. The average molecular weight is 256 g/mol. The summed E-state index contributed by atoms with van der Waals surface area (Å²) < 4.78 is 5.30. The predicted molar refractivity (Wildman–Crippen MR) is 77.0 cm³/mol. The Kier molecular flexibility index (Phi) is 4.27. The molecule has 0 unspecified atom stereocenters. The van der Waals surface area contributed by atoms with Crippen molar-refractivity contribution in [3.05, 3.63) is 47.7 Å². The van der Waals surface area contributed by atoms with Crippen molar-refractivity contribution in [2.75, 3.05) is 7.11 Å². The number of aromatic nitrogens is 2. The molecule has 19 heavy (non-hydrogen) atoms. The molecule has 0 bridgehead atoms. The van der Waals surface area contributed by atoms with Crippen molar-refractivity contribution in [2.24, 2.45) is 0 Å². The first kappa shape index (κ1) is 13.7. The molecule has 1 atom stereocenters. The van der Waals surface area contributed by atoms with Crippen LogP contribution in [0.3, 0.4) is 0 Å². The third-order valence-electron chi connectivity index (χ3n) is 3.31. The Bertz CT molecular complexity index is 517. The van der Waals surface area contributed by atoms with E-state index in [2.05, 4.69) is 48.3 Å². The molecule has 0 spiro atoms. The molecule has 2 aromatic rings. The monoisotopic (exact) mass is 256 g/mol. The van der Waals surface area contributed by atoms with Crippen molar-refractivity contribution in [2.45, 2.75) is 32.8 Å². The summed E-state index contributed by atoms with van der Waals surface area (Å²) in [4.78, 5) is 0. The van der Waals surface area contributed by atoms with E-state index in [4.69, 9.17) is 4.74 Å². The highest BCUT2D eigenvalue weighted by Gasteiger charge is 2.06. The molecule has 0 amide bonds. The van der Waals surface area contributed by atoms with Gasteiger partial charge in [-0.1, -0.05) is 38.1 Å². The summed E-state index contributed by atoms with van der Waals surface area (Å²) in [7, 11) is 1.72. The minimum atomic E-state index is 0.114. The highest BCUT2D eigenvalue weighted by Crippen LogP contribution is 2.22. The number of rotatable bonds is 4. The fraction of sp³-hybridized carbons (Fsp3) is 0.375. The van der Waals surface area contributed by atoms with Crippen molar-refractivity contribution in [1.82, 2.24) is 10.2 Å². The first-order valence-electron chi connectivity index (χ1n) is 6.58. The van der Waals surface area contributed by atoms with E-state index in [1.807, 2.05) is 19.1 Å². The van der Waals surface area contributed by atoms with Crippen LogP contribution in [0.4, 0.5) is 0 Å². The van der Waals surface area contributed by atoms with Gasteiger partial charge in [0, 0.05) is 12.7 Å². The number of hydrogen-bond donors (Lipinski definition) is 0. The second kappa shape index (κ2) is 5.93. The fourth-order valence-electron chi connectivity index (χ4n) is 1.87. The Hall–Kier alpha value is -1.74. The van der Waals surface area contributed by atoms with Crippen LogP contribution in [0.15, 0.2) is 36.4 Å². The number of ether oxygens (including phenoxy) is 1. The minimum absolute atomic E-state index is 0.114. The van der Waals surface area contributed by atoms with E-state index in [9.17, 15) is 0 Å². The van der Waals surface area contributed by atoms with Gasteiger partial charge in [-0.25, -0.2) is 0 Å².